The van der Waals surface area contributed by atoms with Crippen LogP contribution in [0, 0.1) is 0 Å². The average molecular weight is 283 g/mol. The van der Waals surface area contributed by atoms with Crippen molar-refractivity contribution in [3.05, 3.63) is 40.4 Å². The molecule has 1 aliphatic heterocycles. The van der Waals surface area contributed by atoms with Crippen molar-refractivity contribution in [3.63, 3.8) is 0 Å². The first-order chi connectivity index (χ1) is 8.67. The van der Waals surface area contributed by atoms with Gasteiger partial charge in [-0.1, -0.05) is 24.6 Å². The van der Waals surface area contributed by atoms with Gasteiger partial charge in [0.2, 0.25) is 0 Å². The van der Waals surface area contributed by atoms with E-state index in [-0.39, 0.29) is 6.03 Å². The molecule has 0 saturated carbocycles. The second kappa shape index (κ2) is 6.16. The molecule has 1 unspecified atom stereocenters. The number of urea groups is 1. The summed E-state index contributed by atoms with van der Waals surface area (Å²) in [6.45, 7) is 2.15. The maximum absolute atomic E-state index is 11.7. The SMILES string of the molecule is CCC1CC=C(NC(=O)Nc2ccc(Cl)cc2)S1. The van der Waals surface area contributed by atoms with E-state index in [0.29, 0.717) is 10.3 Å². The lowest BCUT2D eigenvalue weighted by Crippen LogP contribution is -2.26. The molecule has 0 bridgehead atoms. The third-order valence-corrected chi connectivity index (χ3v) is 4.29. The maximum Gasteiger partial charge on any atom is 0.324 e. The van der Waals surface area contributed by atoms with Crippen LogP contribution in [0.15, 0.2) is 35.4 Å². The van der Waals surface area contributed by atoms with E-state index in [2.05, 4.69) is 23.6 Å². The van der Waals surface area contributed by atoms with Crippen LogP contribution in [0.25, 0.3) is 0 Å². The summed E-state index contributed by atoms with van der Waals surface area (Å²) in [5.41, 5.74) is 0.729. The summed E-state index contributed by atoms with van der Waals surface area (Å²) in [7, 11) is 0. The Labute approximate surface area is 116 Å². The van der Waals surface area contributed by atoms with Crippen LogP contribution in [0.5, 0.6) is 0 Å². The summed E-state index contributed by atoms with van der Waals surface area (Å²) in [6.07, 6.45) is 4.21. The number of amides is 2. The summed E-state index contributed by atoms with van der Waals surface area (Å²) in [4.78, 5) is 11.7. The molecule has 0 aromatic heterocycles. The lowest BCUT2D eigenvalue weighted by Gasteiger charge is -2.09. The Hall–Kier alpha value is -1.13. The largest absolute Gasteiger partial charge is 0.324 e. The van der Waals surface area contributed by atoms with Gasteiger partial charge in [-0.15, -0.1) is 11.8 Å². The standard InChI is InChI=1S/C13H15ClN2OS/c1-2-11-7-8-12(18-11)16-13(17)15-10-5-3-9(14)4-6-10/h3-6,8,11H,2,7H2,1H3,(H2,15,16,17). The Morgan fingerprint density at radius 2 is 2.11 bits per heavy atom. The third kappa shape index (κ3) is 3.68. The van der Waals surface area contributed by atoms with Gasteiger partial charge in [0.1, 0.15) is 0 Å². The summed E-state index contributed by atoms with van der Waals surface area (Å²) in [5, 5.41) is 7.80. The first-order valence-corrected chi connectivity index (χ1v) is 7.13. The molecule has 5 heteroatoms. The predicted octanol–water partition coefficient (Wildman–Crippen LogP) is 4.22. The van der Waals surface area contributed by atoms with Crippen LogP contribution in [-0.2, 0) is 0 Å². The molecule has 96 valence electrons. The van der Waals surface area contributed by atoms with E-state index in [1.54, 1.807) is 36.0 Å². The molecule has 0 radical (unpaired) electrons. The van der Waals surface area contributed by atoms with Gasteiger partial charge in [0.05, 0.1) is 5.03 Å². The van der Waals surface area contributed by atoms with Gasteiger partial charge in [-0.25, -0.2) is 4.79 Å². The van der Waals surface area contributed by atoms with Gasteiger partial charge >= 0.3 is 6.03 Å². The molecule has 2 rings (SSSR count). The first kappa shape index (κ1) is 13.3. The Bertz CT molecular complexity index is 459. The molecular weight excluding hydrogens is 268 g/mol. The summed E-state index contributed by atoms with van der Waals surface area (Å²) >= 11 is 7.50. The first-order valence-electron chi connectivity index (χ1n) is 5.87. The summed E-state index contributed by atoms with van der Waals surface area (Å²) in [5.74, 6) is 0. The molecule has 1 heterocycles. The second-order valence-corrected chi connectivity index (χ2v) is 5.82. The van der Waals surface area contributed by atoms with Crippen molar-refractivity contribution in [2.45, 2.75) is 25.0 Å². The van der Waals surface area contributed by atoms with Gasteiger partial charge < -0.3 is 10.6 Å². The van der Waals surface area contributed by atoms with Crippen LogP contribution in [0.4, 0.5) is 10.5 Å². The smallest absolute Gasteiger partial charge is 0.308 e. The molecule has 1 aromatic rings. The van der Waals surface area contributed by atoms with E-state index in [4.69, 9.17) is 11.6 Å². The van der Waals surface area contributed by atoms with Crippen molar-refractivity contribution in [1.82, 2.24) is 5.32 Å². The van der Waals surface area contributed by atoms with Gasteiger partial charge in [0.25, 0.3) is 0 Å². The number of nitrogens with one attached hydrogen (secondary N) is 2. The minimum absolute atomic E-state index is 0.215. The zero-order valence-corrected chi connectivity index (χ0v) is 11.6. The van der Waals surface area contributed by atoms with Crippen molar-refractivity contribution in [2.75, 3.05) is 5.32 Å². The Balaban J connectivity index is 1.84. The highest BCUT2D eigenvalue weighted by Crippen LogP contribution is 2.32. The Morgan fingerprint density at radius 3 is 2.72 bits per heavy atom. The van der Waals surface area contributed by atoms with Crippen LogP contribution in [0.3, 0.4) is 0 Å². The monoisotopic (exact) mass is 282 g/mol. The topological polar surface area (TPSA) is 41.1 Å². The van der Waals surface area contributed by atoms with Gasteiger partial charge in [-0.2, -0.15) is 0 Å². The summed E-state index contributed by atoms with van der Waals surface area (Å²) < 4.78 is 0. The second-order valence-electron chi connectivity index (χ2n) is 4.04. The maximum atomic E-state index is 11.7. The van der Waals surface area contributed by atoms with Crippen LogP contribution in [-0.4, -0.2) is 11.3 Å². The number of carbonyl (C=O) groups excluding carboxylic acids is 1. The van der Waals surface area contributed by atoms with Crippen molar-refractivity contribution < 1.29 is 4.79 Å². The lowest BCUT2D eigenvalue weighted by atomic mass is 10.2. The van der Waals surface area contributed by atoms with E-state index in [0.717, 1.165) is 23.6 Å². The van der Waals surface area contributed by atoms with Crippen molar-refractivity contribution in [1.29, 1.82) is 0 Å². The minimum atomic E-state index is -0.215. The van der Waals surface area contributed by atoms with Gasteiger partial charge in [-0.3, -0.25) is 0 Å². The normalized spacial score (nSPS) is 18.3. The number of benzene rings is 1. The Morgan fingerprint density at radius 1 is 1.39 bits per heavy atom. The number of halogens is 1. The molecule has 1 aromatic carbocycles. The molecular formula is C13H15ClN2OS. The molecule has 0 fully saturated rings. The molecule has 1 atom stereocenters. The van der Waals surface area contributed by atoms with E-state index < -0.39 is 0 Å². The van der Waals surface area contributed by atoms with E-state index >= 15 is 0 Å². The van der Waals surface area contributed by atoms with E-state index in [1.807, 2.05) is 0 Å². The lowest BCUT2D eigenvalue weighted by molar-refractivity contribution is 0.255. The molecule has 18 heavy (non-hydrogen) atoms. The molecule has 0 spiro atoms. The number of hydrogen-bond donors (Lipinski definition) is 2. The number of hydrogen-bond acceptors (Lipinski definition) is 2. The molecule has 2 amide bonds. The highest BCUT2D eigenvalue weighted by molar-refractivity contribution is 8.03. The van der Waals surface area contributed by atoms with Crippen molar-refractivity contribution >= 4 is 35.1 Å². The van der Waals surface area contributed by atoms with Gasteiger partial charge in [0, 0.05) is 16.0 Å². The minimum Gasteiger partial charge on any atom is -0.308 e. The fraction of sp³-hybridized carbons (Fsp3) is 0.308. The number of allylic oxidation sites excluding steroid dienone is 1. The zero-order valence-electron chi connectivity index (χ0n) is 10.1. The molecule has 3 nitrogen and oxygen atoms in total. The predicted molar refractivity (Wildman–Crippen MR) is 78.0 cm³/mol. The average Bonchev–Trinajstić information content (AvgIpc) is 2.79. The number of thioether (sulfide) groups is 1. The highest BCUT2D eigenvalue weighted by Gasteiger charge is 2.17. The van der Waals surface area contributed by atoms with Crippen molar-refractivity contribution in [3.8, 4) is 0 Å². The van der Waals surface area contributed by atoms with E-state index in [9.17, 15) is 4.79 Å². The third-order valence-electron chi connectivity index (χ3n) is 2.65. The molecule has 2 N–H and O–H groups in total. The van der Waals surface area contributed by atoms with Crippen LogP contribution < -0.4 is 10.6 Å². The quantitative estimate of drug-likeness (QED) is 0.871. The van der Waals surface area contributed by atoms with Crippen LogP contribution in [0.2, 0.25) is 5.02 Å². The van der Waals surface area contributed by atoms with Crippen molar-refractivity contribution in [2.24, 2.45) is 0 Å². The van der Waals surface area contributed by atoms with Gasteiger partial charge in [0.15, 0.2) is 0 Å². The fourth-order valence-corrected chi connectivity index (χ4v) is 2.84. The zero-order chi connectivity index (χ0) is 13.0. The molecule has 0 saturated heterocycles. The highest BCUT2D eigenvalue weighted by atomic mass is 35.5. The van der Waals surface area contributed by atoms with E-state index in [1.165, 1.54) is 0 Å². The fourth-order valence-electron chi connectivity index (χ4n) is 1.65. The van der Waals surface area contributed by atoms with Gasteiger partial charge in [-0.05, 0) is 37.1 Å². The molecule has 0 aliphatic carbocycles. The number of anilines is 1. The number of rotatable bonds is 3. The summed E-state index contributed by atoms with van der Waals surface area (Å²) in [6, 6.07) is 6.81. The van der Waals surface area contributed by atoms with Crippen LogP contribution >= 0.6 is 23.4 Å². The van der Waals surface area contributed by atoms with Crippen LogP contribution in [0.1, 0.15) is 19.8 Å². The molecule has 1 aliphatic rings. The number of carbonyl (C=O) groups is 1. The Kier molecular flexibility index (Phi) is 4.55.